The van der Waals surface area contributed by atoms with Gasteiger partial charge >= 0.3 is 5.97 Å². The van der Waals surface area contributed by atoms with Crippen LogP contribution < -0.4 is 16.8 Å². The number of carbonyl (C=O) groups is 3. The number of aliphatic carboxylic acids is 1. The molecule has 1 unspecified atom stereocenters. The Hall–Kier alpha value is -2.12. The largest absolute Gasteiger partial charge is 0.480 e. The van der Waals surface area contributed by atoms with E-state index in [0.717, 1.165) is 0 Å². The minimum Gasteiger partial charge on any atom is -0.480 e. The van der Waals surface area contributed by atoms with E-state index in [9.17, 15) is 14.4 Å². The number of nitrogens with one attached hydrogen (secondary N) is 1. The maximum atomic E-state index is 11.6. The molecule has 0 aromatic carbocycles. The fraction of sp³-hybridized carbons (Fsp3) is 0.692. The molecule has 0 aliphatic heterocycles. The summed E-state index contributed by atoms with van der Waals surface area (Å²) in [5, 5.41) is 11.5. The molecular formula is C13H24N4O4. The fourth-order valence-corrected chi connectivity index (χ4v) is 1.69. The maximum Gasteiger partial charge on any atom is 0.326 e. The van der Waals surface area contributed by atoms with Gasteiger partial charge in [-0.05, 0) is 32.6 Å². The van der Waals surface area contributed by atoms with E-state index in [1.165, 1.54) is 6.92 Å². The van der Waals surface area contributed by atoms with E-state index in [1.807, 2.05) is 0 Å². The SMILES string of the molecule is CC(=O)CCCCC(=O)NC(CCCN=C(N)N)C(=O)O. The van der Waals surface area contributed by atoms with Gasteiger partial charge in [0.15, 0.2) is 5.96 Å². The number of nitrogens with zero attached hydrogens (tertiary/aromatic N) is 1. The van der Waals surface area contributed by atoms with Crippen LogP contribution in [0.3, 0.4) is 0 Å². The molecule has 0 radical (unpaired) electrons. The van der Waals surface area contributed by atoms with Gasteiger partial charge in [0.2, 0.25) is 5.91 Å². The van der Waals surface area contributed by atoms with Crippen LogP contribution in [-0.2, 0) is 14.4 Å². The molecule has 0 saturated carbocycles. The molecule has 8 nitrogen and oxygen atoms in total. The third-order valence-electron chi connectivity index (χ3n) is 2.76. The van der Waals surface area contributed by atoms with E-state index in [2.05, 4.69) is 10.3 Å². The fourth-order valence-electron chi connectivity index (χ4n) is 1.69. The van der Waals surface area contributed by atoms with Gasteiger partial charge < -0.3 is 26.7 Å². The van der Waals surface area contributed by atoms with Crippen molar-refractivity contribution in [2.24, 2.45) is 16.5 Å². The molecule has 0 aromatic rings. The number of carboxylic acids is 1. The summed E-state index contributed by atoms with van der Waals surface area (Å²) in [6.07, 6.45) is 2.56. The molecule has 6 N–H and O–H groups in total. The van der Waals surface area contributed by atoms with Gasteiger partial charge in [-0.1, -0.05) is 0 Å². The van der Waals surface area contributed by atoms with Crippen LogP contribution in [0.25, 0.3) is 0 Å². The number of guanidine groups is 1. The van der Waals surface area contributed by atoms with Crippen molar-refractivity contribution in [3.8, 4) is 0 Å². The summed E-state index contributed by atoms with van der Waals surface area (Å²) < 4.78 is 0. The van der Waals surface area contributed by atoms with Crippen LogP contribution in [0.2, 0.25) is 0 Å². The van der Waals surface area contributed by atoms with Gasteiger partial charge in [-0.2, -0.15) is 0 Å². The second-order valence-electron chi connectivity index (χ2n) is 4.82. The first-order valence-corrected chi connectivity index (χ1v) is 6.90. The number of nitrogens with two attached hydrogens (primary N) is 2. The molecule has 0 rings (SSSR count). The zero-order valence-corrected chi connectivity index (χ0v) is 12.3. The first-order valence-electron chi connectivity index (χ1n) is 6.90. The summed E-state index contributed by atoms with van der Waals surface area (Å²) in [7, 11) is 0. The maximum absolute atomic E-state index is 11.6. The number of hydrogen-bond acceptors (Lipinski definition) is 4. The molecular weight excluding hydrogens is 276 g/mol. The highest BCUT2D eigenvalue weighted by Gasteiger charge is 2.18. The van der Waals surface area contributed by atoms with Gasteiger partial charge in [-0.15, -0.1) is 0 Å². The molecule has 8 heteroatoms. The van der Waals surface area contributed by atoms with Gasteiger partial charge in [-0.25, -0.2) is 4.79 Å². The Morgan fingerprint density at radius 3 is 2.29 bits per heavy atom. The number of hydrogen-bond donors (Lipinski definition) is 4. The first-order chi connectivity index (χ1) is 9.82. The number of amides is 1. The van der Waals surface area contributed by atoms with E-state index < -0.39 is 12.0 Å². The Labute approximate surface area is 124 Å². The third kappa shape index (κ3) is 11.4. The summed E-state index contributed by atoms with van der Waals surface area (Å²) in [5.41, 5.74) is 10.3. The van der Waals surface area contributed by atoms with Crippen LogP contribution >= 0.6 is 0 Å². The van der Waals surface area contributed by atoms with Gasteiger partial charge in [-0.3, -0.25) is 9.79 Å². The summed E-state index contributed by atoms with van der Waals surface area (Å²) in [6.45, 7) is 1.82. The molecule has 0 fully saturated rings. The second-order valence-corrected chi connectivity index (χ2v) is 4.82. The van der Waals surface area contributed by atoms with Crippen LogP contribution in [-0.4, -0.2) is 41.3 Å². The highest BCUT2D eigenvalue weighted by molar-refractivity contribution is 5.83. The number of Topliss-reactive ketones (excluding diaryl/α,β-unsaturated/α-hetero) is 1. The van der Waals surface area contributed by atoms with E-state index in [4.69, 9.17) is 16.6 Å². The third-order valence-corrected chi connectivity index (χ3v) is 2.76. The summed E-state index contributed by atoms with van der Waals surface area (Å²) in [4.78, 5) is 37.1. The zero-order valence-electron chi connectivity index (χ0n) is 12.3. The van der Waals surface area contributed by atoms with Gasteiger partial charge in [0.25, 0.3) is 0 Å². The van der Waals surface area contributed by atoms with Crippen molar-refractivity contribution in [3.05, 3.63) is 0 Å². The molecule has 0 aliphatic rings. The standard InChI is InChI=1S/C13H24N4O4/c1-9(18)5-2-3-7-11(19)17-10(12(20)21)6-4-8-16-13(14)15/h10H,2-8H2,1H3,(H,17,19)(H,20,21)(H4,14,15,16). The average Bonchev–Trinajstić information content (AvgIpc) is 2.37. The Morgan fingerprint density at radius 1 is 1.14 bits per heavy atom. The van der Waals surface area contributed by atoms with Crippen molar-refractivity contribution in [2.75, 3.05) is 6.54 Å². The number of aliphatic imine (C=N–C) groups is 1. The lowest BCUT2D eigenvalue weighted by atomic mass is 10.1. The molecule has 0 bridgehead atoms. The van der Waals surface area contributed by atoms with Crippen LogP contribution in [0.4, 0.5) is 0 Å². The van der Waals surface area contributed by atoms with E-state index in [0.29, 0.717) is 32.2 Å². The smallest absolute Gasteiger partial charge is 0.326 e. The van der Waals surface area contributed by atoms with Gasteiger partial charge in [0, 0.05) is 19.4 Å². The van der Waals surface area contributed by atoms with Gasteiger partial charge in [0.1, 0.15) is 11.8 Å². The number of ketones is 1. The van der Waals surface area contributed by atoms with Crippen molar-refractivity contribution in [1.82, 2.24) is 5.32 Å². The van der Waals surface area contributed by atoms with Crippen molar-refractivity contribution in [2.45, 2.75) is 51.5 Å². The topological polar surface area (TPSA) is 148 Å². The number of carboxylic acid groups (broad SMARTS) is 1. The molecule has 0 aromatic heterocycles. The van der Waals surface area contributed by atoms with Crippen LogP contribution in [0.15, 0.2) is 4.99 Å². The lowest BCUT2D eigenvalue weighted by Gasteiger charge is -2.13. The first kappa shape index (κ1) is 18.9. The van der Waals surface area contributed by atoms with Crippen LogP contribution in [0.5, 0.6) is 0 Å². The molecule has 1 amide bonds. The number of rotatable bonds is 11. The predicted octanol–water partition coefficient (Wildman–Crippen LogP) is -0.241. The summed E-state index contributed by atoms with van der Waals surface area (Å²) in [5.74, 6) is -1.38. The Morgan fingerprint density at radius 2 is 1.76 bits per heavy atom. The highest BCUT2D eigenvalue weighted by Crippen LogP contribution is 2.03. The van der Waals surface area contributed by atoms with E-state index >= 15 is 0 Å². The minimum absolute atomic E-state index is 0.0450. The second kappa shape index (κ2) is 10.6. The number of carbonyl (C=O) groups excluding carboxylic acids is 2. The number of unbranched alkanes of at least 4 members (excludes halogenated alkanes) is 1. The quantitative estimate of drug-likeness (QED) is 0.235. The monoisotopic (exact) mass is 300 g/mol. The van der Waals surface area contributed by atoms with Gasteiger partial charge in [0.05, 0.1) is 0 Å². The average molecular weight is 300 g/mol. The zero-order chi connectivity index (χ0) is 16.3. The van der Waals surface area contributed by atoms with Crippen molar-refractivity contribution in [3.63, 3.8) is 0 Å². The van der Waals surface area contributed by atoms with E-state index in [-0.39, 0.29) is 30.5 Å². The Bertz CT molecular complexity index is 392. The summed E-state index contributed by atoms with van der Waals surface area (Å²) >= 11 is 0. The molecule has 0 saturated heterocycles. The normalized spacial score (nSPS) is 11.5. The highest BCUT2D eigenvalue weighted by atomic mass is 16.4. The lowest BCUT2D eigenvalue weighted by Crippen LogP contribution is -2.40. The summed E-state index contributed by atoms with van der Waals surface area (Å²) in [6, 6.07) is -0.945. The Kier molecular flexibility index (Phi) is 9.57. The van der Waals surface area contributed by atoms with Crippen molar-refractivity contribution >= 4 is 23.6 Å². The van der Waals surface area contributed by atoms with Crippen LogP contribution in [0.1, 0.15) is 45.4 Å². The molecule has 0 spiro atoms. The molecule has 1 atom stereocenters. The lowest BCUT2D eigenvalue weighted by molar-refractivity contribution is -0.142. The van der Waals surface area contributed by atoms with Crippen molar-refractivity contribution in [1.29, 1.82) is 0 Å². The van der Waals surface area contributed by atoms with Crippen LogP contribution in [0, 0.1) is 0 Å². The van der Waals surface area contributed by atoms with Crippen molar-refractivity contribution < 1.29 is 19.5 Å². The molecule has 0 heterocycles. The molecule has 21 heavy (non-hydrogen) atoms. The molecule has 120 valence electrons. The van der Waals surface area contributed by atoms with E-state index in [1.54, 1.807) is 0 Å². The Balaban J connectivity index is 4.01. The minimum atomic E-state index is -1.09. The predicted molar refractivity (Wildman–Crippen MR) is 78.6 cm³/mol. The molecule has 0 aliphatic carbocycles.